The van der Waals surface area contributed by atoms with Gasteiger partial charge in [0.15, 0.2) is 0 Å². The van der Waals surface area contributed by atoms with Gasteiger partial charge in [-0.15, -0.1) is 0 Å². The Balaban J connectivity index is 2.26. The van der Waals surface area contributed by atoms with Crippen molar-refractivity contribution >= 4 is 21.9 Å². The number of halogens is 1. The average Bonchev–Trinajstić information content (AvgIpc) is 2.94. The van der Waals surface area contributed by atoms with E-state index in [0.717, 1.165) is 16.9 Å². The zero-order valence-corrected chi connectivity index (χ0v) is 14.2. The fourth-order valence-electron chi connectivity index (χ4n) is 2.52. The molecular weight excluding hydrogens is 372 g/mol. The minimum atomic E-state index is -1.12. The number of para-hydroxylation sites is 1. The second-order valence-electron chi connectivity index (χ2n) is 5.23. The van der Waals surface area contributed by atoms with Crippen LogP contribution in [0.1, 0.15) is 11.6 Å². The second-order valence-corrected chi connectivity index (χ2v) is 6.03. The summed E-state index contributed by atoms with van der Waals surface area (Å²) < 4.78 is 2.26. The van der Waals surface area contributed by atoms with E-state index in [1.165, 1.54) is 0 Å². The van der Waals surface area contributed by atoms with Crippen molar-refractivity contribution in [2.45, 2.75) is 5.92 Å². The number of aliphatic carboxylic acids is 1. The molecule has 1 unspecified atom stereocenters. The molecule has 0 amide bonds. The highest BCUT2D eigenvalue weighted by atomic mass is 79.9. The smallest absolute Gasteiger partial charge is 0.315 e. The second kappa shape index (κ2) is 6.98. The molecule has 1 atom stereocenters. The first kappa shape index (κ1) is 16.4. The molecule has 0 bridgehead atoms. The maximum atomic E-state index is 11.4. The van der Waals surface area contributed by atoms with Crippen molar-refractivity contribution in [2.75, 3.05) is 6.61 Å². The summed E-state index contributed by atoms with van der Waals surface area (Å²) in [6.07, 6.45) is 0. The fourth-order valence-corrected chi connectivity index (χ4v) is 3.27. The molecule has 0 aliphatic rings. The molecule has 0 spiro atoms. The van der Waals surface area contributed by atoms with E-state index >= 15 is 0 Å². The van der Waals surface area contributed by atoms with Crippen LogP contribution in [-0.4, -0.2) is 32.6 Å². The van der Waals surface area contributed by atoms with Crippen LogP contribution in [0.5, 0.6) is 0 Å². The number of hydrogen-bond acceptors (Lipinski definition) is 3. The van der Waals surface area contributed by atoms with Crippen LogP contribution in [0.25, 0.3) is 16.9 Å². The summed E-state index contributed by atoms with van der Waals surface area (Å²) in [6.45, 7) is -0.520. The largest absolute Gasteiger partial charge is 0.481 e. The highest BCUT2D eigenvalue weighted by Crippen LogP contribution is 2.36. The fraction of sp³-hybridized carbons (Fsp3) is 0.111. The molecule has 3 rings (SSSR count). The number of aromatic nitrogens is 2. The highest BCUT2D eigenvalue weighted by Gasteiger charge is 2.28. The number of benzene rings is 2. The predicted octanol–water partition coefficient (Wildman–Crippen LogP) is 3.46. The molecule has 2 N–H and O–H groups in total. The molecule has 2 aromatic carbocycles. The minimum absolute atomic E-state index is 0.299. The molecule has 24 heavy (non-hydrogen) atoms. The van der Waals surface area contributed by atoms with Crippen molar-refractivity contribution in [1.29, 1.82) is 0 Å². The lowest BCUT2D eigenvalue weighted by molar-refractivity contribution is -0.139. The van der Waals surface area contributed by atoms with Crippen LogP contribution in [0.4, 0.5) is 0 Å². The van der Waals surface area contributed by atoms with Gasteiger partial charge in [-0.25, -0.2) is 4.68 Å². The Labute approximate surface area is 147 Å². The third-order valence-corrected chi connectivity index (χ3v) is 4.49. The van der Waals surface area contributed by atoms with Crippen molar-refractivity contribution in [3.8, 4) is 16.9 Å². The number of carboxylic acids is 1. The van der Waals surface area contributed by atoms with E-state index in [1.54, 1.807) is 4.68 Å². The van der Waals surface area contributed by atoms with Gasteiger partial charge in [0.05, 0.1) is 28.2 Å². The van der Waals surface area contributed by atoms with Gasteiger partial charge in [0.25, 0.3) is 0 Å². The number of carbonyl (C=O) groups is 1. The van der Waals surface area contributed by atoms with Gasteiger partial charge in [-0.3, -0.25) is 4.79 Å². The number of aliphatic hydroxyl groups excluding tert-OH is 1. The molecule has 0 aliphatic heterocycles. The normalized spacial score (nSPS) is 12.1. The Morgan fingerprint density at radius 1 is 1.08 bits per heavy atom. The SMILES string of the molecule is O=C(O)C(CO)c1nn(-c2ccccc2)c(-c2ccccc2)c1Br. The van der Waals surface area contributed by atoms with Crippen LogP contribution in [0.15, 0.2) is 65.1 Å². The molecule has 0 aliphatic carbocycles. The Kier molecular flexibility index (Phi) is 4.78. The topological polar surface area (TPSA) is 75.3 Å². The summed E-state index contributed by atoms with van der Waals surface area (Å²) >= 11 is 3.49. The van der Waals surface area contributed by atoms with Crippen molar-refractivity contribution in [3.63, 3.8) is 0 Å². The maximum Gasteiger partial charge on any atom is 0.315 e. The first-order valence-electron chi connectivity index (χ1n) is 7.36. The Morgan fingerprint density at radius 3 is 2.21 bits per heavy atom. The predicted molar refractivity (Wildman–Crippen MR) is 94.2 cm³/mol. The number of rotatable bonds is 5. The Bertz CT molecular complexity index is 847. The van der Waals surface area contributed by atoms with Crippen LogP contribution in [0, 0.1) is 0 Å². The summed E-state index contributed by atoms with van der Waals surface area (Å²) in [6, 6.07) is 19.1. The van der Waals surface area contributed by atoms with Crippen LogP contribution < -0.4 is 0 Å². The number of aliphatic hydroxyl groups is 1. The van der Waals surface area contributed by atoms with Gasteiger partial charge < -0.3 is 10.2 Å². The third-order valence-electron chi connectivity index (χ3n) is 3.71. The van der Waals surface area contributed by atoms with E-state index in [0.29, 0.717) is 10.2 Å². The Morgan fingerprint density at radius 2 is 1.67 bits per heavy atom. The summed E-state index contributed by atoms with van der Waals surface area (Å²) in [5.41, 5.74) is 2.75. The molecule has 1 aromatic heterocycles. The van der Waals surface area contributed by atoms with Gasteiger partial charge >= 0.3 is 5.97 Å². The van der Waals surface area contributed by atoms with Gasteiger partial charge in [0.1, 0.15) is 5.92 Å². The molecule has 0 saturated carbocycles. The lowest BCUT2D eigenvalue weighted by Gasteiger charge is -2.08. The minimum Gasteiger partial charge on any atom is -0.481 e. The van der Waals surface area contributed by atoms with Gasteiger partial charge in [0, 0.05) is 5.56 Å². The highest BCUT2D eigenvalue weighted by molar-refractivity contribution is 9.10. The van der Waals surface area contributed by atoms with E-state index in [9.17, 15) is 15.0 Å². The third kappa shape index (κ3) is 2.98. The van der Waals surface area contributed by atoms with E-state index in [2.05, 4.69) is 21.0 Å². The monoisotopic (exact) mass is 386 g/mol. The van der Waals surface area contributed by atoms with Crippen LogP contribution >= 0.6 is 15.9 Å². The van der Waals surface area contributed by atoms with Gasteiger partial charge in [-0.1, -0.05) is 48.5 Å². The molecule has 1 heterocycles. The summed E-state index contributed by atoms with van der Waals surface area (Å²) in [5.74, 6) is -2.21. The van der Waals surface area contributed by atoms with Gasteiger partial charge in [0.2, 0.25) is 0 Å². The quantitative estimate of drug-likeness (QED) is 0.703. The van der Waals surface area contributed by atoms with Gasteiger partial charge in [-0.2, -0.15) is 5.10 Å². The lowest BCUT2D eigenvalue weighted by atomic mass is 10.1. The van der Waals surface area contributed by atoms with E-state index in [4.69, 9.17) is 0 Å². The molecule has 0 fully saturated rings. The average molecular weight is 387 g/mol. The zero-order valence-electron chi connectivity index (χ0n) is 12.6. The van der Waals surface area contributed by atoms with Crippen LogP contribution in [0.3, 0.4) is 0 Å². The molecule has 6 heteroatoms. The lowest BCUT2D eigenvalue weighted by Crippen LogP contribution is -2.16. The molecule has 122 valence electrons. The number of hydrogen-bond donors (Lipinski definition) is 2. The van der Waals surface area contributed by atoms with E-state index in [-0.39, 0.29) is 0 Å². The van der Waals surface area contributed by atoms with Crippen molar-refractivity contribution in [2.24, 2.45) is 0 Å². The number of nitrogens with zero attached hydrogens (tertiary/aromatic N) is 2. The zero-order chi connectivity index (χ0) is 17.1. The Hall–Kier alpha value is -2.44. The van der Waals surface area contributed by atoms with Gasteiger partial charge in [-0.05, 0) is 28.1 Å². The molecule has 0 saturated heterocycles. The molecule has 3 aromatic rings. The van der Waals surface area contributed by atoms with Crippen molar-refractivity contribution in [1.82, 2.24) is 9.78 Å². The standard InChI is InChI=1S/C18H15BrN2O3/c19-15-16(14(11-22)18(23)24)20-21(13-9-5-2-6-10-13)17(15)12-7-3-1-4-8-12/h1-10,14,22H,11H2,(H,23,24). The number of carboxylic acid groups (broad SMARTS) is 1. The van der Waals surface area contributed by atoms with Crippen molar-refractivity contribution in [3.05, 3.63) is 70.8 Å². The first-order chi connectivity index (χ1) is 11.6. The van der Waals surface area contributed by atoms with Crippen molar-refractivity contribution < 1.29 is 15.0 Å². The summed E-state index contributed by atoms with van der Waals surface area (Å²) in [4.78, 5) is 11.4. The summed E-state index contributed by atoms with van der Waals surface area (Å²) in [5, 5.41) is 23.3. The van der Waals surface area contributed by atoms with E-state index in [1.807, 2.05) is 60.7 Å². The van der Waals surface area contributed by atoms with E-state index < -0.39 is 18.5 Å². The first-order valence-corrected chi connectivity index (χ1v) is 8.15. The molecular formula is C18H15BrN2O3. The van der Waals surface area contributed by atoms with Crippen LogP contribution in [0.2, 0.25) is 0 Å². The molecule has 5 nitrogen and oxygen atoms in total. The molecule has 0 radical (unpaired) electrons. The maximum absolute atomic E-state index is 11.4. The van der Waals surface area contributed by atoms with Crippen LogP contribution in [-0.2, 0) is 4.79 Å². The summed E-state index contributed by atoms with van der Waals surface area (Å²) in [7, 11) is 0.